The van der Waals surface area contributed by atoms with E-state index < -0.39 is 17.7 Å². The zero-order valence-corrected chi connectivity index (χ0v) is 19.5. The number of Topliss-reactive ketones (excluding diaryl/α,β-unsaturated/α-hetero) is 1. The van der Waals surface area contributed by atoms with Crippen molar-refractivity contribution >= 4 is 46.1 Å². The molecule has 0 aliphatic carbocycles. The van der Waals surface area contributed by atoms with Crippen LogP contribution in [0.3, 0.4) is 0 Å². The summed E-state index contributed by atoms with van der Waals surface area (Å²) in [5.74, 6) is -1.25. The molecule has 7 heteroatoms. The molecule has 1 N–H and O–H groups in total. The van der Waals surface area contributed by atoms with E-state index in [-0.39, 0.29) is 11.3 Å². The molecule has 164 valence electrons. The molecule has 1 aromatic heterocycles. The Morgan fingerprint density at radius 1 is 1.12 bits per heavy atom. The van der Waals surface area contributed by atoms with Crippen LogP contribution in [0.2, 0.25) is 5.02 Å². The number of benzene rings is 2. The third-order valence-corrected chi connectivity index (χ3v) is 6.86. The number of rotatable bonds is 5. The third kappa shape index (κ3) is 3.70. The van der Waals surface area contributed by atoms with Gasteiger partial charge in [0.05, 0.1) is 17.2 Å². The number of para-hydroxylation sites is 1. The molecule has 4 rings (SSSR count). The number of aryl methyl sites for hydroxylation is 2. The summed E-state index contributed by atoms with van der Waals surface area (Å²) in [7, 11) is 0. The molecule has 0 saturated carbocycles. The minimum absolute atomic E-state index is 0.0496. The maximum Gasteiger partial charge on any atom is 0.300 e. The summed E-state index contributed by atoms with van der Waals surface area (Å²) in [6, 6.07) is 13.4. The molecule has 1 saturated heterocycles. The van der Waals surface area contributed by atoms with Gasteiger partial charge in [-0.1, -0.05) is 29.8 Å². The number of halogens is 1. The van der Waals surface area contributed by atoms with Crippen molar-refractivity contribution in [3.8, 4) is 5.75 Å². The molecule has 1 aliphatic heterocycles. The van der Waals surface area contributed by atoms with Crippen LogP contribution >= 0.6 is 22.9 Å². The van der Waals surface area contributed by atoms with E-state index in [0.717, 1.165) is 16.0 Å². The molecule has 3 aromatic rings. The Morgan fingerprint density at radius 2 is 1.88 bits per heavy atom. The molecule has 2 aromatic carbocycles. The number of hydrogen-bond acceptors (Lipinski definition) is 5. The maximum absolute atomic E-state index is 13.2. The number of carbonyl (C=O) groups is 2. The molecule has 5 nitrogen and oxygen atoms in total. The second-order valence-corrected chi connectivity index (χ2v) is 8.86. The van der Waals surface area contributed by atoms with E-state index in [0.29, 0.717) is 28.6 Å². The highest BCUT2D eigenvalue weighted by Gasteiger charge is 2.48. The first kappa shape index (κ1) is 22.1. The van der Waals surface area contributed by atoms with E-state index in [1.807, 2.05) is 56.5 Å². The molecule has 2 heterocycles. The highest BCUT2D eigenvalue weighted by Crippen LogP contribution is 2.45. The van der Waals surface area contributed by atoms with Crippen LogP contribution in [0.25, 0.3) is 5.76 Å². The predicted molar refractivity (Wildman–Crippen MR) is 128 cm³/mol. The second kappa shape index (κ2) is 8.81. The van der Waals surface area contributed by atoms with Gasteiger partial charge >= 0.3 is 0 Å². The molecule has 0 radical (unpaired) electrons. The Balaban J connectivity index is 1.95. The SMILES string of the molecule is CCOc1cc(/C(O)=C2/C(=O)C(=O)N(c3ccccc3C)C2c2sccc2C)ccc1Cl. The van der Waals surface area contributed by atoms with Gasteiger partial charge in [0.2, 0.25) is 0 Å². The zero-order valence-electron chi connectivity index (χ0n) is 17.9. The predicted octanol–water partition coefficient (Wildman–Crippen LogP) is 6.04. The Kier molecular flexibility index (Phi) is 6.09. The highest BCUT2D eigenvalue weighted by atomic mass is 35.5. The maximum atomic E-state index is 13.2. The number of anilines is 1. The van der Waals surface area contributed by atoms with E-state index in [4.69, 9.17) is 16.3 Å². The first-order chi connectivity index (χ1) is 15.3. The molecular formula is C25H22ClNO4S. The van der Waals surface area contributed by atoms with Crippen LogP contribution in [0, 0.1) is 13.8 Å². The summed E-state index contributed by atoms with van der Waals surface area (Å²) < 4.78 is 5.54. The number of thiophene rings is 1. The molecule has 1 amide bonds. The normalized spacial score (nSPS) is 17.8. The quantitative estimate of drug-likeness (QED) is 0.282. The van der Waals surface area contributed by atoms with Crippen LogP contribution < -0.4 is 9.64 Å². The van der Waals surface area contributed by atoms with Crippen molar-refractivity contribution < 1.29 is 19.4 Å². The van der Waals surface area contributed by atoms with Crippen LogP contribution in [-0.4, -0.2) is 23.4 Å². The van der Waals surface area contributed by atoms with Gasteiger partial charge in [-0.25, -0.2) is 0 Å². The van der Waals surface area contributed by atoms with Crippen LogP contribution in [0.1, 0.15) is 34.5 Å². The standard InChI is InChI=1S/C25H22ClNO4S/c1-4-31-19-13-16(9-10-17(19)26)22(28)20-21(24-15(3)11-12-32-24)27(25(30)23(20)29)18-8-6-5-7-14(18)2/h5-13,21,28H,4H2,1-3H3/b22-20-. The Bertz CT molecular complexity index is 1250. The monoisotopic (exact) mass is 467 g/mol. The summed E-state index contributed by atoms with van der Waals surface area (Å²) in [5.41, 5.74) is 2.85. The summed E-state index contributed by atoms with van der Waals surface area (Å²) >= 11 is 7.64. The number of ketones is 1. The molecule has 1 unspecified atom stereocenters. The average Bonchev–Trinajstić information content (AvgIpc) is 3.30. The first-order valence-electron chi connectivity index (χ1n) is 10.2. The van der Waals surface area contributed by atoms with Crippen molar-refractivity contribution in [2.75, 3.05) is 11.5 Å². The van der Waals surface area contributed by atoms with E-state index >= 15 is 0 Å². The molecule has 0 bridgehead atoms. The van der Waals surface area contributed by atoms with Crippen molar-refractivity contribution in [2.45, 2.75) is 26.8 Å². The lowest BCUT2D eigenvalue weighted by Crippen LogP contribution is -2.30. The fourth-order valence-electron chi connectivity index (χ4n) is 3.90. The number of aliphatic hydroxyl groups excluding tert-OH is 1. The number of aliphatic hydroxyl groups is 1. The Morgan fingerprint density at radius 3 is 2.53 bits per heavy atom. The summed E-state index contributed by atoms with van der Waals surface area (Å²) in [4.78, 5) is 28.8. The number of carbonyl (C=O) groups excluding carboxylic acids is 2. The molecule has 1 aliphatic rings. The van der Waals surface area contributed by atoms with Crippen molar-refractivity contribution in [3.63, 3.8) is 0 Å². The van der Waals surface area contributed by atoms with Crippen molar-refractivity contribution in [3.05, 3.63) is 86.1 Å². The molecular weight excluding hydrogens is 446 g/mol. The van der Waals surface area contributed by atoms with Gasteiger partial charge in [-0.3, -0.25) is 14.5 Å². The smallest absolute Gasteiger partial charge is 0.300 e. The zero-order chi connectivity index (χ0) is 23.0. The van der Waals surface area contributed by atoms with E-state index in [1.165, 1.54) is 16.2 Å². The fraction of sp³-hybridized carbons (Fsp3) is 0.200. The van der Waals surface area contributed by atoms with Gasteiger partial charge < -0.3 is 9.84 Å². The highest BCUT2D eigenvalue weighted by molar-refractivity contribution is 7.10. The van der Waals surface area contributed by atoms with Gasteiger partial charge in [-0.2, -0.15) is 0 Å². The molecule has 0 spiro atoms. The van der Waals surface area contributed by atoms with Crippen molar-refractivity contribution in [1.29, 1.82) is 0 Å². The van der Waals surface area contributed by atoms with E-state index in [9.17, 15) is 14.7 Å². The largest absolute Gasteiger partial charge is 0.507 e. The van der Waals surface area contributed by atoms with E-state index in [2.05, 4.69) is 0 Å². The summed E-state index contributed by atoms with van der Waals surface area (Å²) in [5, 5.41) is 13.6. The van der Waals surface area contributed by atoms with Crippen LogP contribution in [0.15, 0.2) is 59.5 Å². The van der Waals surface area contributed by atoms with Crippen LogP contribution in [0.4, 0.5) is 5.69 Å². The first-order valence-corrected chi connectivity index (χ1v) is 11.4. The van der Waals surface area contributed by atoms with Gasteiger partial charge in [-0.15, -0.1) is 11.3 Å². The van der Waals surface area contributed by atoms with Gasteiger partial charge in [0.15, 0.2) is 0 Å². The minimum Gasteiger partial charge on any atom is -0.507 e. The lowest BCUT2D eigenvalue weighted by atomic mass is 9.98. The number of hydrogen-bond donors (Lipinski definition) is 1. The topological polar surface area (TPSA) is 66.8 Å². The summed E-state index contributed by atoms with van der Waals surface area (Å²) in [6.45, 7) is 6.05. The molecule has 1 atom stereocenters. The van der Waals surface area contributed by atoms with Gasteiger partial charge in [0, 0.05) is 16.1 Å². The molecule has 32 heavy (non-hydrogen) atoms. The lowest BCUT2D eigenvalue weighted by molar-refractivity contribution is -0.132. The molecule has 1 fully saturated rings. The number of nitrogens with zero attached hydrogens (tertiary/aromatic N) is 1. The van der Waals surface area contributed by atoms with Gasteiger partial charge in [0.25, 0.3) is 11.7 Å². The van der Waals surface area contributed by atoms with Crippen molar-refractivity contribution in [1.82, 2.24) is 0 Å². The Labute approximate surface area is 195 Å². The summed E-state index contributed by atoms with van der Waals surface area (Å²) in [6.07, 6.45) is 0. The van der Waals surface area contributed by atoms with Crippen molar-refractivity contribution in [2.24, 2.45) is 0 Å². The fourth-order valence-corrected chi connectivity index (χ4v) is 5.10. The number of ether oxygens (including phenoxy) is 1. The average molecular weight is 468 g/mol. The second-order valence-electron chi connectivity index (χ2n) is 7.50. The van der Waals surface area contributed by atoms with Gasteiger partial charge in [-0.05, 0) is 67.6 Å². The van der Waals surface area contributed by atoms with Crippen LogP contribution in [-0.2, 0) is 9.59 Å². The number of amides is 1. The lowest BCUT2D eigenvalue weighted by Gasteiger charge is -2.26. The van der Waals surface area contributed by atoms with Crippen LogP contribution in [0.5, 0.6) is 5.75 Å². The minimum atomic E-state index is -0.734. The van der Waals surface area contributed by atoms with Gasteiger partial charge in [0.1, 0.15) is 17.6 Å². The van der Waals surface area contributed by atoms with E-state index in [1.54, 1.807) is 18.2 Å². The Hall–Kier alpha value is -3.09. The third-order valence-electron chi connectivity index (χ3n) is 5.47.